The van der Waals surface area contributed by atoms with E-state index in [1.807, 2.05) is 26.0 Å². The number of ether oxygens (including phenoxy) is 2. The molecule has 7 nitrogen and oxygen atoms in total. The molecule has 238 valence electrons. The van der Waals surface area contributed by atoms with E-state index in [2.05, 4.69) is 33.1 Å². The molecule has 3 N–H and O–H groups in total. The molecule has 0 aliphatic carbocycles. The molecular weight excluding hydrogens is 569 g/mol. The molecule has 1 aliphatic rings. The van der Waals surface area contributed by atoms with Crippen LogP contribution >= 0.6 is 0 Å². The first kappa shape index (κ1) is 33.1. The fourth-order valence-corrected chi connectivity index (χ4v) is 5.28. The molecule has 1 aromatic heterocycles. The standard InChI is InChI=1S/C34H43F3N4O3/c1-22(2)18-28(41-32(42)44-33(3,4)5)21-43-30-11-8-25(19-29(30)34(35,36)37)26-14-17-39-31(20-26)40-27-9-6-23(7-10-27)24-12-15-38-16-13-24/h6-11,14,17,19-20,22,24,28,38H,12-13,15-16,18,21H2,1-5H3,(H,39,40)(H,41,42)/t28-/m0/s1. The Hall–Kier alpha value is -3.79. The van der Waals surface area contributed by atoms with Gasteiger partial charge in [0.25, 0.3) is 0 Å². The zero-order chi connectivity index (χ0) is 31.9. The minimum absolute atomic E-state index is 0.139. The van der Waals surface area contributed by atoms with Crippen LogP contribution in [0.15, 0.2) is 60.8 Å². The summed E-state index contributed by atoms with van der Waals surface area (Å²) in [6.45, 7) is 11.1. The van der Waals surface area contributed by atoms with E-state index < -0.39 is 29.5 Å². The van der Waals surface area contributed by atoms with Crippen molar-refractivity contribution in [1.29, 1.82) is 0 Å². The number of amides is 1. The lowest BCUT2D eigenvalue weighted by molar-refractivity contribution is -0.139. The van der Waals surface area contributed by atoms with Gasteiger partial charge in [-0.15, -0.1) is 0 Å². The van der Waals surface area contributed by atoms with Gasteiger partial charge in [0, 0.05) is 11.9 Å². The normalized spacial score (nSPS) is 15.1. The molecule has 1 aliphatic heterocycles. The Kier molecular flexibility index (Phi) is 10.8. The maximum Gasteiger partial charge on any atom is 0.419 e. The second-order valence-electron chi connectivity index (χ2n) is 12.7. The number of hydrogen-bond acceptors (Lipinski definition) is 6. The fraction of sp³-hybridized carbons (Fsp3) is 0.471. The Morgan fingerprint density at radius 2 is 1.68 bits per heavy atom. The van der Waals surface area contributed by atoms with Gasteiger partial charge in [-0.05, 0) is 118 Å². The van der Waals surface area contributed by atoms with Gasteiger partial charge < -0.3 is 25.4 Å². The van der Waals surface area contributed by atoms with Gasteiger partial charge in [-0.25, -0.2) is 9.78 Å². The quantitative estimate of drug-likeness (QED) is 0.214. The lowest BCUT2D eigenvalue weighted by Crippen LogP contribution is -2.42. The van der Waals surface area contributed by atoms with Gasteiger partial charge in [0.15, 0.2) is 0 Å². The third kappa shape index (κ3) is 9.87. The zero-order valence-corrected chi connectivity index (χ0v) is 26.1. The molecule has 0 unspecified atom stereocenters. The lowest BCUT2D eigenvalue weighted by atomic mass is 9.90. The van der Waals surface area contributed by atoms with Gasteiger partial charge in [0.1, 0.15) is 23.8 Å². The minimum atomic E-state index is -4.65. The molecule has 2 heterocycles. The molecule has 1 saturated heterocycles. The SMILES string of the molecule is CC(C)C[C@@H](COc1ccc(-c2ccnc(Nc3ccc(C4CCNCC4)cc3)c2)cc1C(F)(F)F)NC(=O)OC(C)(C)C. The molecule has 4 rings (SSSR count). The Morgan fingerprint density at radius 3 is 2.32 bits per heavy atom. The number of alkyl halides is 3. The number of carbonyl (C=O) groups excluding carboxylic acids is 1. The minimum Gasteiger partial charge on any atom is -0.491 e. The number of alkyl carbamates (subject to hydrolysis) is 1. The lowest BCUT2D eigenvalue weighted by Gasteiger charge is -2.25. The topological polar surface area (TPSA) is 84.5 Å². The van der Waals surface area contributed by atoms with E-state index >= 15 is 0 Å². The predicted octanol–water partition coefficient (Wildman–Crippen LogP) is 8.30. The summed E-state index contributed by atoms with van der Waals surface area (Å²) in [5.41, 5.74) is 1.51. The van der Waals surface area contributed by atoms with Gasteiger partial charge in [-0.3, -0.25) is 0 Å². The Balaban J connectivity index is 1.48. The Labute approximate surface area is 257 Å². The highest BCUT2D eigenvalue weighted by Gasteiger charge is 2.35. The average Bonchev–Trinajstić information content (AvgIpc) is 2.95. The van der Waals surface area contributed by atoms with Crippen LogP contribution in [0.1, 0.15) is 70.9 Å². The number of halogens is 3. The van der Waals surface area contributed by atoms with E-state index in [0.717, 1.165) is 37.7 Å². The highest BCUT2D eigenvalue weighted by molar-refractivity contribution is 5.70. The van der Waals surface area contributed by atoms with Crippen LogP contribution in [0.5, 0.6) is 5.75 Å². The molecule has 0 radical (unpaired) electrons. The molecule has 1 atom stereocenters. The van der Waals surface area contributed by atoms with Crippen molar-refractivity contribution in [3.05, 3.63) is 71.9 Å². The molecule has 44 heavy (non-hydrogen) atoms. The van der Waals surface area contributed by atoms with Crippen molar-refractivity contribution in [3.8, 4) is 16.9 Å². The van der Waals surface area contributed by atoms with Gasteiger partial charge in [0.2, 0.25) is 0 Å². The maximum absolute atomic E-state index is 14.2. The van der Waals surface area contributed by atoms with E-state index in [4.69, 9.17) is 9.47 Å². The summed E-state index contributed by atoms with van der Waals surface area (Å²) in [5.74, 6) is 0.937. The monoisotopic (exact) mass is 612 g/mol. The van der Waals surface area contributed by atoms with Crippen LogP contribution < -0.4 is 20.7 Å². The fourth-order valence-electron chi connectivity index (χ4n) is 5.28. The third-order valence-electron chi connectivity index (χ3n) is 7.29. The van der Waals surface area contributed by atoms with Crippen molar-refractivity contribution in [2.75, 3.05) is 25.0 Å². The predicted molar refractivity (Wildman–Crippen MR) is 167 cm³/mol. The van der Waals surface area contributed by atoms with Crippen LogP contribution in [-0.4, -0.2) is 42.4 Å². The van der Waals surface area contributed by atoms with E-state index in [0.29, 0.717) is 29.3 Å². The number of benzene rings is 2. The van der Waals surface area contributed by atoms with E-state index in [1.54, 1.807) is 45.2 Å². The molecule has 0 saturated carbocycles. The van der Waals surface area contributed by atoms with Crippen LogP contribution in [0.3, 0.4) is 0 Å². The highest BCUT2D eigenvalue weighted by atomic mass is 19.4. The summed E-state index contributed by atoms with van der Waals surface area (Å²) in [7, 11) is 0. The van der Waals surface area contributed by atoms with Crippen molar-refractivity contribution in [1.82, 2.24) is 15.6 Å². The summed E-state index contributed by atoms with van der Waals surface area (Å²) >= 11 is 0. The molecule has 0 bridgehead atoms. The number of nitrogens with one attached hydrogen (secondary N) is 3. The van der Waals surface area contributed by atoms with Crippen molar-refractivity contribution in [3.63, 3.8) is 0 Å². The molecule has 0 spiro atoms. The summed E-state index contributed by atoms with van der Waals surface area (Å²) in [6, 6.07) is 15.1. The number of carbonyl (C=O) groups is 1. The summed E-state index contributed by atoms with van der Waals surface area (Å²) in [5, 5.41) is 9.38. The van der Waals surface area contributed by atoms with Crippen molar-refractivity contribution < 1.29 is 27.4 Å². The number of aromatic nitrogens is 1. The van der Waals surface area contributed by atoms with Crippen LogP contribution in [0, 0.1) is 5.92 Å². The molecule has 1 amide bonds. The number of piperidine rings is 1. The first-order valence-corrected chi connectivity index (χ1v) is 15.1. The van der Waals surface area contributed by atoms with Gasteiger partial charge in [-0.1, -0.05) is 32.0 Å². The van der Waals surface area contributed by atoms with Crippen LogP contribution in [0.2, 0.25) is 0 Å². The third-order valence-corrected chi connectivity index (χ3v) is 7.29. The van der Waals surface area contributed by atoms with Gasteiger partial charge in [-0.2, -0.15) is 13.2 Å². The second-order valence-corrected chi connectivity index (χ2v) is 12.7. The van der Waals surface area contributed by atoms with Crippen LogP contribution in [0.25, 0.3) is 11.1 Å². The van der Waals surface area contributed by atoms with Gasteiger partial charge in [0.05, 0.1) is 11.6 Å². The van der Waals surface area contributed by atoms with E-state index in [-0.39, 0.29) is 18.3 Å². The van der Waals surface area contributed by atoms with Crippen LogP contribution in [0.4, 0.5) is 29.5 Å². The number of hydrogen-bond donors (Lipinski definition) is 3. The van der Waals surface area contributed by atoms with Crippen molar-refractivity contribution >= 4 is 17.6 Å². The van der Waals surface area contributed by atoms with E-state index in [1.165, 1.54) is 11.6 Å². The summed E-state index contributed by atoms with van der Waals surface area (Å²) < 4.78 is 53.6. The average molecular weight is 613 g/mol. The van der Waals surface area contributed by atoms with Gasteiger partial charge >= 0.3 is 12.3 Å². The molecular formula is C34H43F3N4O3. The number of rotatable bonds is 10. The van der Waals surface area contributed by atoms with E-state index in [9.17, 15) is 18.0 Å². The second kappa shape index (κ2) is 14.3. The molecule has 1 fully saturated rings. The molecule has 10 heteroatoms. The number of anilines is 2. The van der Waals surface area contributed by atoms with Crippen molar-refractivity contribution in [2.24, 2.45) is 5.92 Å². The van der Waals surface area contributed by atoms with Crippen LogP contribution in [-0.2, 0) is 10.9 Å². The zero-order valence-electron chi connectivity index (χ0n) is 26.1. The largest absolute Gasteiger partial charge is 0.491 e. The summed E-state index contributed by atoms with van der Waals surface area (Å²) in [4.78, 5) is 16.7. The number of pyridine rings is 1. The summed E-state index contributed by atoms with van der Waals surface area (Å²) in [6.07, 6.45) is -0.993. The number of nitrogens with zero attached hydrogens (tertiary/aromatic N) is 1. The first-order valence-electron chi connectivity index (χ1n) is 15.1. The maximum atomic E-state index is 14.2. The molecule has 2 aromatic carbocycles. The Morgan fingerprint density at radius 1 is 1.00 bits per heavy atom. The first-order chi connectivity index (χ1) is 20.8. The smallest absolute Gasteiger partial charge is 0.419 e. The molecule has 3 aromatic rings. The highest BCUT2D eigenvalue weighted by Crippen LogP contribution is 2.39. The van der Waals surface area contributed by atoms with Crippen molar-refractivity contribution in [2.45, 2.75) is 77.6 Å². The Bertz CT molecular complexity index is 1380.